The normalized spacial score (nSPS) is 13.1. The third kappa shape index (κ3) is 4.97. The molecule has 4 rings (SSSR count). The van der Waals surface area contributed by atoms with Crippen LogP contribution in [0.25, 0.3) is 22.5 Å². The van der Waals surface area contributed by atoms with E-state index in [2.05, 4.69) is 81.4 Å². The first kappa shape index (κ1) is 23.0. The van der Waals surface area contributed by atoms with Gasteiger partial charge in [0.15, 0.2) is 10.1 Å². The van der Waals surface area contributed by atoms with E-state index < -0.39 is 15.6 Å². The minimum Gasteiger partial charge on any atom is -0.741 e. The molecular weight excluding hydrogens is 429 g/mol. The zero-order valence-corrected chi connectivity index (χ0v) is 18.0. The van der Waals surface area contributed by atoms with Crippen LogP contribution >= 0.6 is 0 Å². The van der Waals surface area contributed by atoms with Crippen LogP contribution in [-0.2, 0) is 22.0 Å². The molecule has 0 N–H and O–H groups in total. The van der Waals surface area contributed by atoms with E-state index in [0.29, 0.717) is 0 Å². The van der Waals surface area contributed by atoms with Crippen molar-refractivity contribution in [2.75, 3.05) is 0 Å². The highest BCUT2D eigenvalue weighted by atomic mass is 32.2. The maximum absolute atomic E-state index is 10.7. The zero-order chi connectivity index (χ0) is 23.0. The molecule has 164 valence electrons. The van der Waals surface area contributed by atoms with E-state index >= 15 is 0 Å². The van der Waals surface area contributed by atoms with Gasteiger partial charge in [0.1, 0.15) is 0 Å². The van der Waals surface area contributed by atoms with E-state index in [1.54, 1.807) is 0 Å². The van der Waals surface area contributed by atoms with E-state index in [9.17, 15) is 13.2 Å². The number of benzene rings is 2. The van der Waals surface area contributed by atoms with Crippen LogP contribution in [-0.4, -0.2) is 18.5 Å². The molecule has 0 saturated heterocycles. The molecular formula is C23H21F3O4S. The molecule has 4 nitrogen and oxygen atoms in total. The molecule has 1 heterocycles. The quantitative estimate of drug-likeness (QED) is 0.198. The fourth-order valence-corrected chi connectivity index (χ4v) is 3.27. The minimum atomic E-state index is -6.09. The van der Waals surface area contributed by atoms with Crippen molar-refractivity contribution in [2.24, 2.45) is 0 Å². The van der Waals surface area contributed by atoms with Crippen LogP contribution in [0.1, 0.15) is 37.7 Å². The molecule has 2 aromatic carbocycles. The maximum Gasteiger partial charge on any atom is 0.485 e. The Balaban J connectivity index is 0.000000293. The predicted octanol–water partition coefficient (Wildman–Crippen LogP) is 6.15. The molecule has 0 amide bonds. The Hall–Kier alpha value is -2.71. The molecule has 0 bridgehead atoms. The topological polar surface area (TPSA) is 68.5 Å². The Labute approximate surface area is 179 Å². The van der Waals surface area contributed by atoms with E-state index in [0.717, 1.165) is 17.9 Å². The Kier molecular flexibility index (Phi) is 5.99. The van der Waals surface area contributed by atoms with Crippen molar-refractivity contribution in [3.63, 3.8) is 0 Å². The molecule has 0 unspecified atom stereocenters. The van der Waals surface area contributed by atoms with Crippen molar-refractivity contribution in [2.45, 2.75) is 38.1 Å². The first-order valence-electron chi connectivity index (χ1n) is 9.45. The van der Waals surface area contributed by atoms with Gasteiger partial charge in [0.05, 0.1) is 16.5 Å². The fourth-order valence-electron chi connectivity index (χ4n) is 3.27. The van der Waals surface area contributed by atoms with E-state index in [-0.39, 0.29) is 5.41 Å². The summed E-state index contributed by atoms with van der Waals surface area (Å²) in [5.74, 6) is 2.08. The average molecular weight is 450 g/mol. The largest absolute Gasteiger partial charge is 0.741 e. The van der Waals surface area contributed by atoms with Crippen LogP contribution < -0.4 is 0 Å². The van der Waals surface area contributed by atoms with Crippen LogP contribution in [0.15, 0.2) is 65.1 Å². The molecule has 0 radical (unpaired) electrons. The molecule has 0 saturated carbocycles. The van der Waals surface area contributed by atoms with E-state index in [1.165, 1.54) is 27.8 Å². The maximum atomic E-state index is 10.7. The zero-order valence-electron chi connectivity index (χ0n) is 17.2. The number of alkyl halides is 3. The molecule has 1 aromatic heterocycles. The summed E-state index contributed by atoms with van der Waals surface area (Å²) in [6.07, 6.45) is 0.948. The Bertz CT molecular complexity index is 1200. The highest BCUT2D eigenvalue weighted by Crippen LogP contribution is 2.44. The van der Waals surface area contributed by atoms with Crippen LogP contribution in [0.4, 0.5) is 13.2 Å². The molecule has 8 heteroatoms. The van der Waals surface area contributed by atoms with Gasteiger partial charge in [-0.05, 0) is 38.0 Å². The Morgan fingerprint density at radius 2 is 1.45 bits per heavy atom. The van der Waals surface area contributed by atoms with Crippen molar-refractivity contribution in [3.8, 4) is 22.5 Å². The van der Waals surface area contributed by atoms with Gasteiger partial charge in [0, 0.05) is 18.1 Å². The molecule has 0 spiro atoms. The molecule has 1 aliphatic rings. The molecule has 0 atom stereocenters. The second kappa shape index (κ2) is 8.09. The van der Waals surface area contributed by atoms with Gasteiger partial charge in [0.25, 0.3) is 0 Å². The minimum absolute atomic E-state index is 0.0178. The summed E-state index contributed by atoms with van der Waals surface area (Å²) in [7, 11) is -6.09. The smallest absolute Gasteiger partial charge is 0.485 e. The van der Waals surface area contributed by atoms with Gasteiger partial charge in [-0.15, -0.1) is 0 Å². The summed E-state index contributed by atoms with van der Waals surface area (Å²) in [4.78, 5) is 0. The number of hydrogen-bond donors (Lipinski definition) is 0. The van der Waals surface area contributed by atoms with E-state index in [4.69, 9.17) is 17.4 Å². The lowest BCUT2D eigenvalue weighted by Crippen LogP contribution is -2.21. The lowest BCUT2D eigenvalue weighted by atomic mass is 9.89. The second-order valence-electron chi connectivity index (χ2n) is 8.18. The Morgan fingerprint density at radius 3 is 2.00 bits per heavy atom. The van der Waals surface area contributed by atoms with Crippen molar-refractivity contribution in [1.29, 1.82) is 0 Å². The lowest BCUT2D eigenvalue weighted by molar-refractivity contribution is -0.0517. The van der Waals surface area contributed by atoms with Crippen LogP contribution in [0.5, 0.6) is 0 Å². The molecule has 31 heavy (non-hydrogen) atoms. The summed E-state index contributed by atoms with van der Waals surface area (Å²) < 4.78 is 65.3. The Morgan fingerprint density at radius 1 is 0.903 bits per heavy atom. The number of rotatable bonds is 1. The third-order valence-electron chi connectivity index (χ3n) is 4.82. The summed E-state index contributed by atoms with van der Waals surface area (Å²) in [6.45, 7) is 6.61. The molecule has 3 aromatic rings. The second-order valence-corrected chi connectivity index (χ2v) is 9.55. The van der Waals surface area contributed by atoms with Gasteiger partial charge in [-0.3, -0.25) is 0 Å². The van der Waals surface area contributed by atoms with Gasteiger partial charge in [-0.1, -0.05) is 48.5 Å². The third-order valence-corrected chi connectivity index (χ3v) is 5.39. The van der Waals surface area contributed by atoms with Crippen molar-refractivity contribution in [3.05, 3.63) is 77.6 Å². The van der Waals surface area contributed by atoms with Crippen LogP contribution in [0.3, 0.4) is 0 Å². The SMILES string of the molecule is CC(C)(C)c1cc(-c2ccccc2)c2c([o+]1)-c1ccccc1C2.O=S(=O)([O-])C(F)(F)F. The molecule has 1 aliphatic carbocycles. The summed E-state index contributed by atoms with van der Waals surface area (Å²) in [5, 5.41) is 0. The van der Waals surface area contributed by atoms with Crippen LogP contribution in [0, 0.1) is 0 Å². The fraction of sp³-hybridized carbons (Fsp3) is 0.261. The van der Waals surface area contributed by atoms with Crippen LogP contribution in [0.2, 0.25) is 0 Å². The first-order chi connectivity index (χ1) is 14.3. The first-order valence-corrected chi connectivity index (χ1v) is 10.9. The van der Waals surface area contributed by atoms with Gasteiger partial charge >= 0.3 is 17.0 Å². The number of halogens is 3. The number of hydrogen-bond acceptors (Lipinski definition) is 3. The molecule has 0 aliphatic heterocycles. The monoisotopic (exact) mass is 450 g/mol. The highest BCUT2D eigenvalue weighted by Gasteiger charge is 2.37. The van der Waals surface area contributed by atoms with Gasteiger partial charge in [-0.25, -0.2) is 12.8 Å². The summed E-state index contributed by atoms with van der Waals surface area (Å²) in [6, 6.07) is 21.5. The van der Waals surface area contributed by atoms with Crippen molar-refractivity contribution < 1.29 is 30.6 Å². The number of fused-ring (bicyclic) bond motifs is 3. The summed E-state index contributed by atoms with van der Waals surface area (Å²) >= 11 is 0. The van der Waals surface area contributed by atoms with Gasteiger partial charge < -0.3 is 4.55 Å². The van der Waals surface area contributed by atoms with Gasteiger partial charge in [0.2, 0.25) is 0 Å². The van der Waals surface area contributed by atoms with E-state index in [1.807, 2.05) is 0 Å². The van der Waals surface area contributed by atoms with Crippen molar-refractivity contribution >= 4 is 10.1 Å². The lowest BCUT2D eigenvalue weighted by Gasteiger charge is -2.12. The van der Waals surface area contributed by atoms with Crippen molar-refractivity contribution in [1.82, 2.24) is 0 Å². The predicted molar refractivity (Wildman–Crippen MR) is 111 cm³/mol. The molecule has 0 fully saturated rings. The summed E-state index contributed by atoms with van der Waals surface area (Å²) in [5.41, 5.74) is 0.805. The van der Waals surface area contributed by atoms with Gasteiger partial charge in [-0.2, -0.15) is 13.2 Å². The average Bonchev–Trinajstić information content (AvgIpc) is 3.05. The highest BCUT2D eigenvalue weighted by molar-refractivity contribution is 7.86. The standard InChI is InChI=1S/C22H21O.CHF3O3S/c1-22(2,3)20-14-18(15-9-5-4-6-10-15)19-13-16-11-7-8-12-17(16)21(19)23-20;2-1(3,4)8(5,6)7/h4-12,14H,13H2,1-3H3;(H,5,6,7)/q+1;/p-1.